The number of nitrogens with zero attached hydrogens (tertiary/aromatic N) is 1. The molecule has 1 amide bonds. The van der Waals surface area contributed by atoms with Crippen LogP contribution in [0.5, 0.6) is 11.5 Å². The fourth-order valence-corrected chi connectivity index (χ4v) is 1.88. The first-order chi connectivity index (χ1) is 15.3. The van der Waals surface area contributed by atoms with Gasteiger partial charge in [-0.05, 0) is 30.3 Å². The number of rotatable bonds is 6. The zero-order valence-electron chi connectivity index (χ0n) is 19.7. The number of halogens is 1. The number of methoxy groups -OCH3 is 1. The molecule has 0 heterocycles. The van der Waals surface area contributed by atoms with Crippen LogP contribution in [0.1, 0.15) is 65.7 Å². The number of amides is 1. The summed E-state index contributed by atoms with van der Waals surface area (Å²) in [6, 6.07) is 8.68. The Labute approximate surface area is 196 Å². The van der Waals surface area contributed by atoms with Crippen molar-refractivity contribution in [3.8, 4) is 11.5 Å². The summed E-state index contributed by atoms with van der Waals surface area (Å²) in [7, 11) is 1.15. The maximum absolute atomic E-state index is 12.9. The Bertz CT molecular complexity index is 826. The van der Waals surface area contributed by atoms with Gasteiger partial charge < -0.3 is 14.8 Å². The van der Waals surface area contributed by atoms with E-state index in [-0.39, 0.29) is 24.5 Å². The minimum atomic E-state index is -0.832. The van der Waals surface area contributed by atoms with Crippen LogP contribution >= 0.6 is 0 Å². The molecule has 0 saturated carbocycles. The Morgan fingerprint density at radius 3 is 1.94 bits per heavy atom. The van der Waals surface area contributed by atoms with Crippen molar-refractivity contribution < 1.29 is 28.4 Å². The lowest BCUT2D eigenvalue weighted by Gasteiger charge is -2.09. The van der Waals surface area contributed by atoms with E-state index in [0.29, 0.717) is 0 Å². The fraction of sp³-hybridized carbons (Fsp3) is 0.417. The molecule has 0 aliphatic rings. The fourth-order valence-electron chi connectivity index (χ4n) is 1.88. The maximum Gasteiger partial charge on any atom is 0.325 e. The second-order valence-corrected chi connectivity index (χ2v) is 5.46. The topological polar surface area (TPSA) is 108 Å². The van der Waals surface area contributed by atoms with Gasteiger partial charge in [0.1, 0.15) is 29.4 Å². The van der Waals surface area contributed by atoms with Crippen molar-refractivity contribution in [2.75, 3.05) is 13.7 Å². The molecule has 0 radical (unpaired) electrons. The van der Waals surface area contributed by atoms with Gasteiger partial charge in [0.05, 0.1) is 12.0 Å². The van der Waals surface area contributed by atoms with Crippen molar-refractivity contribution >= 4 is 17.6 Å². The van der Waals surface area contributed by atoms with Gasteiger partial charge in [0.25, 0.3) is 11.6 Å². The van der Waals surface area contributed by atoms with Crippen molar-refractivity contribution in [3.05, 3.63) is 64.0 Å². The first-order valence-electron chi connectivity index (χ1n) is 10.4. The highest BCUT2D eigenvalue weighted by Crippen LogP contribution is 2.27. The molecule has 186 valence electrons. The van der Waals surface area contributed by atoms with Crippen molar-refractivity contribution in [3.63, 3.8) is 0 Å². The first kappa shape index (κ1) is 34.1. The van der Waals surface area contributed by atoms with Gasteiger partial charge in [-0.1, -0.05) is 55.4 Å². The van der Waals surface area contributed by atoms with E-state index < -0.39 is 34.8 Å². The molecule has 9 heteroatoms. The highest BCUT2D eigenvalue weighted by atomic mass is 19.1. The van der Waals surface area contributed by atoms with E-state index in [1.54, 1.807) is 0 Å². The summed E-state index contributed by atoms with van der Waals surface area (Å²) in [6.45, 7) is 11.8. The molecule has 0 aliphatic carbocycles. The van der Waals surface area contributed by atoms with Crippen molar-refractivity contribution in [2.45, 2.75) is 55.4 Å². The van der Waals surface area contributed by atoms with Crippen LogP contribution < -0.4 is 10.1 Å². The zero-order chi connectivity index (χ0) is 25.1. The minimum absolute atomic E-state index is 0. The maximum atomic E-state index is 12.9. The summed E-state index contributed by atoms with van der Waals surface area (Å²) in [6.07, 6.45) is 1.25. The molecule has 0 bridgehead atoms. The van der Waals surface area contributed by atoms with Crippen LogP contribution in [-0.2, 0) is 9.53 Å². The molecule has 0 atom stereocenters. The molecule has 0 saturated heterocycles. The van der Waals surface area contributed by atoms with Crippen LogP contribution in [0.3, 0.4) is 0 Å². The second kappa shape index (κ2) is 20.4. The minimum Gasteiger partial charge on any atom is -0.468 e. The molecule has 33 heavy (non-hydrogen) atoms. The van der Waals surface area contributed by atoms with Gasteiger partial charge in [0.2, 0.25) is 0 Å². The van der Waals surface area contributed by atoms with Gasteiger partial charge in [0, 0.05) is 12.1 Å². The zero-order valence-corrected chi connectivity index (χ0v) is 19.7. The lowest BCUT2D eigenvalue weighted by molar-refractivity contribution is -0.385. The summed E-state index contributed by atoms with van der Waals surface area (Å²) >= 11 is 0. The van der Waals surface area contributed by atoms with Gasteiger partial charge in [-0.3, -0.25) is 19.7 Å². The predicted octanol–water partition coefficient (Wildman–Crippen LogP) is 6.53. The molecule has 8 nitrogen and oxygen atoms in total. The van der Waals surface area contributed by atoms with E-state index in [2.05, 4.69) is 23.9 Å². The Kier molecular flexibility index (Phi) is 21.1. The third kappa shape index (κ3) is 13.5. The molecule has 0 aromatic heterocycles. The van der Waals surface area contributed by atoms with Crippen molar-refractivity contribution in [1.82, 2.24) is 5.32 Å². The number of carbonyl (C=O) groups is 2. The standard InChI is InChI=1S/C16H13FN2O6.C3H8.2C2H6.CH4/c1-24-15(20)9-18-16(21)13-8-12(6-7-14(13)19(22)23)25-11-4-2-10(17)3-5-11;1-3-2;2*1-2;/h2-8H,9H2,1H3,(H,18,21);3H2,1-2H3;2*1-2H3;1H4. The smallest absolute Gasteiger partial charge is 0.325 e. The van der Waals surface area contributed by atoms with E-state index in [1.165, 1.54) is 36.8 Å². The van der Waals surface area contributed by atoms with Gasteiger partial charge in [0.15, 0.2) is 0 Å². The summed E-state index contributed by atoms with van der Waals surface area (Å²) in [5.74, 6) is -1.55. The highest BCUT2D eigenvalue weighted by molar-refractivity contribution is 5.99. The monoisotopic (exact) mass is 468 g/mol. The Hall–Kier alpha value is -3.49. The molecule has 1 N–H and O–H groups in total. The Morgan fingerprint density at radius 1 is 1.00 bits per heavy atom. The van der Waals surface area contributed by atoms with Crippen LogP contribution in [-0.4, -0.2) is 30.5 Å². The number of benzene rings is 2. The number of nitrogens with one attached hydrogen (secondary N) is 1. The third-order valence-electron chi connectivity index (χ3n) is 3.08. The SMILES string of the molecule is C.CC.CC.CCC.COC(=O)CNC(=O)c1cc(Oc2ccc(F)cc2)ccc1[N+](=O)[O-]. The quantitative estimate of drug-likeness (QED) is 0.293. The normalized spacial score (nSPS) is 8.48. The number of esters is 1. The summed E-state index contributed by atoms with van der Waals surface area (Å²) in [5.41, 5.74) is -0.734. The summed E-state index contributed by atoms with van der Waals surface area (Å²) < 4.78 is 22.7. The molecular formula is C24H37FN2O6. The van der Waals surface area contributed by atoms with E-state index in [1.807, 2.05) is 27.7 Å². The van der Waals surface area contributed by atoms with E-state index >= 15 is 0 Å². The molecule has 0 spiro atoms. The summed E-state index contributed by atoms with van der Waals surface area (Å²) in [4.78, 5) is 33.5. The van der Waals surface area contributed by atoms with Crippen LogP contribution in [0.2, 0.25) is 0 Å². The molecule has 2 aromatic carbocycles. The van der Waals surface area contributed by atoms with Crippen LogP contribution in [0.25, 0.3) is 0 Å². The molecule has 0 aliphatic heterocycles. The van der Waals surface area contributed by atoms with Gasteiger partial charge in [-0.2, -0.15) is 0 Å². The largest absolute Gasteiger partial charge is 0.468 e. The number of ether oxygens (including phenoxy) is 2. The van der Waals surface area contributed by atoms with Crippen molar-refractivity contribution in [2.24, 2.45) is 0 Å². The first-order valence-corrected chi connectivity index (χ1v) is 10.4. The van der Waals surface area contributed by atoms with Crippen LogP contribution in [0.15, 0.2) is 42.5 Å². The second-order valence-electron chi connectivity index (χ2n) is 5.46. The van der Waals surface area contributed by atoms with E-state index in [0.717, 1.165) is 19.2 Å². The number of hydrogen-bond acceptors (Lipinski definition) is 6. The average molecular weight is 469 g/mol. The molecule has 0 fully saturated rings. The van der Waals surface area contributed by atoms with Crippen molar-refractivity contribution in [1.29, 1.82) is 0 Å². The average Bonchev–Trinajstić information content (AvgIpc) is 2.81. The van der Waals surface area contributed by atoms with Crippen LogP contribution in [0.4, 0.5) is 10.1 Å². The van der Waals surface area contributed by atoms with Gasteiger partial charge in [-0.25, -0.2) is 4.39 Å². The molecular weight excluding hydrogens is 431 g/mol. The van der Waals surface area contributed by atoms with Gasteiger partial charge >= 0.3 is 5.97 Å². The number of nitro benzene ring substituents is 1. The lowest BCUT2D eigenvalue weighted by atomic mass is 10.1. The Balaban J connectivity index is -0.00000101. The highest BCUT2D eigenvalue weighted by Gasteiger charge is 2.22. The van der Waals surface area contributed by atoms with E-state index in [4.69, 9.17) is 4.74 Å². The summed E-state index contributed by atoms with van der Waals surface area (Å²) in [5, 5.41) is 13.3. The molecule has 2 rings (SSSR count). The van der Waals surface area contributed by atoms with Crippen LogP contribution in [0, 0.1) is 15.9 Å². The molecule has 0 unspecified atom stereocenters. The number of hydrogen-bond donors (Lipinski definition) is 1. The van der Waals surface area contributed by atoms with E-state index in [9.17, 15) is 24.1 Å². The third-order valence-corrected chi connectivity index (χ3v) is 3.08. The number of nitro groups is 1. The lowest BCUT2D eigenvalue weighted by Crippen LogP contribution is -2.30. The molecule has 2 aromatic rings. The number of carbonyl (C=O) groups excluding carboxylic acids is 2. The predicted molar refractivity (Wildman–Crippen MR) is 129 cm³/mol. The van der Waals surface area contributed by atoms with Gasteiger partial charge in [-0.15, -0.1) is 0 Å². The Morgan fingerprint density at radius 2 is 1.48 bits per heavy atom.